The van der Waals surface area contributed by atoms with Crippen LogP contribution in [0.1, 0.15) is 55.6 Å². The number of carbonyl (C=O) groups excluding carboxylic acids is 1. The zero-order valence-electron chi connectivity index (χ0n) is 13.9. The van der Waals surface area contributed by atoms with Gasteiger partial charge in [0.25, 0.3) is 0 Å². The molecule has 0 saturated carbocycles. The fourth-order valence-corrected chi connectivity index (χ4v) is 3.43. The van der Waals surface area contributed by atoms with E-state index in [4.69, 9.17) is 14.2 Å². The Bertz CT molecular complexity index is 785. The van der Waals surface area contributed by atoms with Gasteiger partial charge in [-0.3, -0.25) is 4.79 Å². The summed E-state index contributed by atoms with van der Waals surface area (Å²) < 4.78 is 18.1. The van der Waals surface area contributed by atoms with Crippen LogP contribution in [0.25, 0.3) is 11.6 Å². The number of carbonyl (C=O) groups is 1. The molecule has 3 aliphatic rings. The van der Waals surface area contributed by atoms with Gasteiger partial charge >= 0.3 is 0 Å². The van der Waals surface area contributed by atoms with E-state index in [-0.39, 0.29) is 18.0 Å². The smallest absolute Gasteiger partial charge is 0.173 e. The second-order valence-electron chi connectivity index (χ2n) is 6.42. The summed E-state index contributed by atoms with van der Waals surface area (Å²) >= 11 is 0. The molecule has 4 nitrogen and oxygen atoms in total. The normalized spacial score (nSPS) is 25.0. The number of hydrogen-bond donors (Lipinski definition) is 0. The highest BCUT2D eigenvalue weighted by atomic mass is 16.5. The van der Waals surface area contributed by atoms with Crippen LogP contribution in [-0.2, 0) is 0 Å². The van der Waals surface area contributed by atoms with Crippen LogP contribution in [0, 0.1) is 0 Å². The van der Waals surface area contributed by atoms with Crippen molar-refractivity contribution in [2.45, 2.75) is 46.3 Å². The molecular formula is C19H20O4. The van der Waals surface area contributed by atoms with Gasteiger partial charge in [0, 0.05) is 6.42 Å². The monoisotopic (exact) mass is 312 g/mol. The van der Waals surface area contributed by atoms with Crippen LogP contribution in [-0.4, -0.2) is 24.6 Å². The summed E-state index contributed by atoms with van der Waals surface area (Å²) in [5.41, 5.74) is 4.62. The molecule has 3 heterocycles. The summed E-state index contributed by atoms with van der Waals surface area (Å²) in [6.45, 7) is 8.54. The number of Topliss-reactive ketones (excluding diaryl/α,β-unsaturated/α-hetero) is 1. The number of allylic oxidation sites excluding steroid dienone is 1. The number of rotatable bonds is 0. The average Bonchev–Trinajstić information content (AvgIpc) is 2.52. The summed E-state index contributed by atoms with van der Waals surface area (Å²) in [7, 11) is 0. The Morgan fingerprint density at radius 2 is 1.83 bits per heavy atom. The minimum absolute atomic E-state index is 0.0172. The molecule has 120 valence electrons. The van der Waals surface area contributed by atoms with Crippen molar-refractivity contribution < 1.29 is 19.0 Å². The molecule has 0 aliphatic carbocycles. The Balaban J connectivity index is 2.11. The third kappa shape index (κ3) is 1.94. The third-order valence-corrected chi connectivity index (χ3v) is 4.96. The first-order valence-electron chi connectivity index (χ1n) is 8.08. The van der Waals surface area contributed by atoms with E-state index < -0.39 is 0 Å². The second-order valence-corrected chi connectivity index (χ2v) is 6.42. The Morgan fingerprint density at radius 1 is 1.04 bits per heavy atom. The highest BCUT2D eigenvalue weighted by molar-refractivity contribution is 6.06. The van der Waals surface area contributed by atoms with Gasteiger partial charge in [0.05, 0.1) is 17.7 Å². The predicted molar refractivity (Wildman–Crippen MR) is 88.4 cm³/mol. The molecule has 0 radical (unpaired) electrons. The molecular weight excluding hydrogens is 292 g/mol. The summed E-state index contributed by atoms with van der Waals surface area (Å²) in [5, 5.41) is 0. The highest BCUT2D eigenvalue weighted by Crippen LogP contribution is 2.53. The lowest BCUT2D eigenvalue weighted by Crippen LogP contribution is -2.27. The SMILES string of the molecule is CC1=C(C)C(C)Oc2c3c(c4c(c21)OC(C)C=C4)OCCC3=O. The van der Waals surface area contributed by atoms with E-state index in [1.807, 2.05) is 26.0 Å². The van der Waals surface area contributed by atoms with Gasteiger partial charge in [-0.1, -0.05) is 0 Å². The number of fused-ring (bicyclic) bond motifs is 6. The van der Waals surface area contributed by atoms with E-state index >= 15 is 0 Å². The fraction of sp³-hybridized carbons (Fsp3) is 0.421. The molecule has 4 heteroatoms. The largest absolute Gasteiger partial charge is 0.491 e. The minimum Gasteiger partial charge on any atom is -0.491 e. The van der Waals surface area contributed by atoms with Crippen molar-refractivity contribution >= 4 is 17.4 Å². The van der Waals surface area contributed by atoms with Crippen molar-refractivity contribution in [2.75, 3.05) is 6.61 Å². The van der Waals surface area contributed by atoms with E-state index in [1.165, 1.54) is 0 Å². The quantitative estimate of drug-likeness (QED) is 0.726. The molecule has 2 unspecified atom stereocenters. The van der Waals surface area contributed by atoms with Crippen molar-refractivity contribution in [3.63, 3.8) is 0 Å². The predicted octanol–water partition coefficient (Wildman–Crippen LogP) is 4.02. The molecule has 2 atom stereocenters. The van der Waals surface area contributed by atoms with Gasteiger partial charge in [-0.15, -0.1) is 0 Å². The zero-order valence-corrected chi connectivity index (χ0v) is 13.9. The van der Waals surface area contributed by atoms with Gasteiger partial charge in [0.2, 0.25) is 0 Å². The maximum atomic E-state index is 12.6. The lowest BCUT2D eigenvalue weighted by atomic mass is 9.87. The van der Waals surface area contributed by atoms with Crippen molar-refractivity contribution in [3.05, 3.63) is 28.3 Å². The molecule has 0 aromatic heterocycles. The van der Waals surface area contributed by atoms with Gasteiger partial charge in [0.1, 0.15) is 35.0 Å². The summed E-state index contributed by atoms with van der Waals surface area (Å²) in [5.74, 6) is 2.09. The first kappa shape index (κ1) is 14.4. The van der Waals surface area contributed by atoms with Crippen LogP contribution in [0.5, 0.6) is 17.2 Å². The van der Waals surface area contributed by atoms with Crippen LogP contribution in [0.2, 0.25) is 0 Å². The Kier molecular flexibility index (Phi) is 3.05. The maximum Gasteiger partial charge on any atom is 0.173 e. The molecule has 0 fully saturated rings. The molecule has 0 N–H and O–H groups in total. The highest BCUT2D eigenvalue weighted by Gasteiger charge is 2.37. The average molecular weight is 312 g/mol. The lowest BCUT2D eigenvalue weighted by molar-refractivity contribution is 0.0924. The molecule has 0 amide bonds. The molecule has 0 saturated heterocycles. The van der Waals surface area contributed by atoms with E-state index in [0.717, 1.165) is 28.0 Å². The fourth-order valence-electron chi connectivity index (χ4n) is 3.43. The molecule has 1 aromatic rings. The molecule has 23 heavy (non-hydrogen) atoms. The summed E-state index contributed by atoms with van der Waals surface area (Å²) in [6, 6.07) is 0. The number of ketones is 1. The van der Waals surface area contributed by atoms with Gasteiger partial charge in [-0.2, -0.15) is 0 Å². The topological polar surface area (TPSA) is 44.8 Å². The maximum absolute atomic E-state index is 12.6. The van der Waals surface area contributed by atoms with Crippen LogP contribution in [0.3, 0.4) is 0 Å². The molecule has 3 aliphatic heterocycles. The second kappa shape index (κ2) is 4.88. The van der Waals surface area contributed by atoms with Crippen LogP contribution < -0.4 is 14.2 Å². The summed E-state index contributed by atoms with van der Waals surface area (Å²) in [4.78, 5) is 12.6. The van der Waals surface area contributed by atoms with Crippen molar-refractivity contribution in [1.82, 2.24) is 0 Å². The van der Waals surface area contributed by atoms with Crippen LogP contribution in [0.4, 0.5) is 0 Å². The van der Waals surface area contributed by atoms with Crippen molar-refractivity contribution in [1.29, 1.82) is 0 Å². The molecule has 1 aromatic carbocycles. The first-order chi connectivity index (χ1) is 11.0. The van der Waals surface area contributed by atoms with Gasteiger partial charge in [-0.25, -0.2) is 0 Å². The number of ether oxygens (including phenoxy) is 3. The molecule has 0 spiro atoms. The first-order valence-corrected chi connectivity index (χ1v) is 8.08. The van der Waals surface area contributed by atoms with Gasteiger partial charge in [0.15, 0.2) is 5.78 Å². The van der Waals surface area contributed by atoms with E-state index in [1.54, 1.807) is 0 Å². The number of benzene rings is 1. The van der Waals surface area contributed by atoms with Crippen molar-refractivity contribution in [2.24, 2.45) is 0 Å². The minimum atomic E-state index is -0.0593. The zero-order chi connectivity index (χ0) is 16.3. The van der Waals surface area contributed by atoms with Crippen LogP contribution in [0.15, 0.2) is 11.6 Å². The van der Waals surface area contributed by atoms with Gasteiger partial charge < -0.3 is 14.2 Å². The standard InChI is InChI=1S/C19H20O4/c1-9-5-6-13-17-16(14(20)7-8-21-17)19-15(18(13)22-9)11(3)10(2)12(4)23-19/h5-6,9,12H,7-8H2,1-4H3. The van der Waals surface area contributed by atoms with Gasteiger partial charge in [-0.05, 0) is 51.0 Å². The molecule has 0 bridgehead atoms. The Hall–Kier alpha value is -2.23. The third-order valence-electron chi connectivity index (χ3n) is 4.96. The lowest BCUT2D eigenvalue weighted by Gasteiger charge is -2.34. The van der Waals surface area contributed by atoms with E-state index in [2.05, 4.69) is 13.8 Å². The van der Waals surface area contributed by atoms with Crippen LogP contribution >= 0.6 is 0 Å². The molecule has 4 rings (SSSR count). The Labute approximate surface area is 135 Å². The number of hydrogen-bond acceptors (Lipinski definition) is 4. The van der Waals surface area contributed by atoms with E-state index in [9.17, 15) is 4.79 Å². The van der Waals surface area contributed by atoms with Crippen molar-refractivity contribution in [3.8, 4) is 17.2 Å². The van der Waals surface area contributed by atoms with E-state index in [0.29, 0.717) is 30.1 Å². The summed E-state index contributed by atoms with van der Waals surface area (Å²) in [6.07, 6.45) is 4.29. The Morgan fingerprint density at radius 3 is 2.61 bits per heavy atom.